The van der Waals surface area contributed by atoms with Gasteiger partial charge >= 0.3 is 0 Å². The third kappa shape index (κ3) is 4.23. The van der Waals surface area contributed by atoms with Crippen LogP contribution in [-0.4, -0.2) is 11.7 Å². The number of hydrogen-bond donors (Lipinski definition) is 1. The van der Waals surface area contributed by atoms with Gasteiger partial charge in [0.25, 0.3) is 0 Å². The number of halogens is 2. The van der Waals surface area contributed by atoms with Crippen molar-refractivity contribution in [2.24, 2.45) is 5.92 Å². The molecule has 2 aromatic carbocycles. The molecule has 5 heteroatoms. The summed E-state index contributed by atoms with van der Waals surface area (Å²) < 4.78 is 0. The fourth-order valence-corrected chi connectivity index (χ4v) is 3.60. The number of anilines is 1. The second-order valence-electron chi connectivity index (χ2n) is 6.32. The fraction of sp³-hybridized carbons (Fsp3) is 0.300. The second-order valence-corrected chi connectivity index (χ2v) is 7.17. The molecule has 0 spiro atoms. The summed E-state index contributed by atoms with van der Waals surface area (Å²) in [5, 5.41) is 3.72. The van der Waals surface area contributed by atoms with E-state index in [-0.39, 0.29) is 17.6 Å². The molecule has 25 heavy (non-hydrogen) atoms. The lowest BCUT2D eigenvalue weighted by atomic mass is 9.88. The second kappa shape index (κ2) is 8.03. The van der Waals surface area contributed by atoms with Gasteiger partial charge in [0.2, 0.25) is 5.91 Å². The number of ketones is 1. The van der Waals surface area contributed by atoms with Crippen molar-refractivity contribution in [2.75, 3.05) is 5.32 Å². The molecule has 3 nitrogen and oxygen atoms in total. The average Bonchev–Trinajstić information content (AvgIpc) is 2.63. The summed E-state index contributed by atoms with van der Waals surface area (Å²) in [6.45, 7) is 0. The Morgan fingerprint density at radius 1 is 0.920 bits per heavy atom. The van der Waals surface area contributed by atoms with Gasteiger partial charge in [0.05, 0.1) is 10.7 Å². The first kappa shape index (κ1) is 18.0. The summed E-state index contributed by atoms with van der Waals surface area (Å²) in [5.74, 6) is -0.282. The van der Waals surface area contributed by atoms with Crippen LogP contribution in [0.3, 0.4) is 0 Å². The smallest absolute Gasteiger partial charge is 0.227 e. The van der Waals surface area contributed by atoms with Gasteiger partial charge in [-0.15, -0.1) is 0 Å². The molecular formula is C20H19Cl2NO2. The first-order valence-corrected chi connectivity index (χ1v) is 9.21. The predicted octanol–water partition coefficient (Wildman–Crippen LogP) is 5.74. The van der Waals surface area contributed by atoms with Crippen LogP contribution in [0.25, 0.3) is 0 Å². The minimum absolute atomic E-state index is 0.00712. The Kier molecular flexibility index (Phi) is 5.77. The molecule has 0 aliphatic heterocycles. The van der Waals surface area contributed by atoms with E-state index in [1.54, 1.807) is 42.5 Å². The highest BCUT2D eigenvalue weighted by atomic mass is 35.5. The van der Waals surface area contributed by atoms with E-state index in [0.717, 1.165) is 25.7 Å². The number of amides is 1. The molecule has 1 N–H and O–H groups in total. The molecule has 1 amide bonds. The number of benzene rings is 2. The largest absolute Gasteiger partial charge is 0.325 e. The molecule has 0 atom stereocenters. The number of nitrogens with one attached hydrogen (secondary N) is 1. The Morgan fingerprint density at radius 3 is 2.36 bits per heavy atom. The molecule has 0 bridgehead atoms. The molecule has 0 unspecified atom stereocenters. The Hall–Kier alpha value is -1.84. The van der Waals surface area contributed by atoms with E-state index >= 15 is 0 Å². The van der Waals surface area contributed by atoms with Crippen molar-refractivity contribution < 1.29 is 9.59 Å². The molecule has 1 fully saturated rings. The van der Waals surface area contributed by atoms with Crippen LogP contribution in [-0.2, 0) is 4.79 Å². The van der Waals surface area contributed by atoms with Gasteiger partial charge in [-0.25, -0.2) is 0 Å². The summed E-state index contributed by atoms with van der Waals surface area (Å²) in [6.07, 6.45) is 5.12. The quantitative estimate of drug-likeness (QED) is 0.692. The van der Waals surface area contributed by atoms with Crippen molar-refractivity contribution in [1.29, 1.82) is 0 Å². The number of rotatable bonds is 4. The molecule has 1 aliphatic carbocycles. The van der Waals surface area contributed by atoms with Gasteiger partial charge in [0.1, 0.15) is 0 Å². The molecule has 1 saturated carbocycles. The van der Waals surface area contributed by atoms with E-state index < -0.39 is 0 Å². The van der Waals surface area contributed by atoms with E-state index in [4.69, 9.17) is 23.2 Å². The van der Waals surface area contributed by atoms with Crippen molar-refractivity contribution >= 4 is 40.6 Å². The molecule has 3 rings (SSSR count). The van der Waals surface area contributed by atoms with E-state index in [2.05, 4.69) is 5.32 Å². The highest BCUT2D eigenvalue weighted by molar-refractivity contribution is 6.36. The Labute approximate surface area is 157 Å². The monoisotopic (exact) mass is 375 g/mol. The minimum atomic E-state index is -0.257. The van der Waals surface area contributed by atoms with E-state index in [0.29, 0.717) is 26.9 Å². The summed E-state index contributed by atoms with van der Waals surface area (Å²) in [5.41, 5.74) is 1.22. The average molecular weight is 376 g/mol. The van der Waals surface area contributed by atoms with Crippen molar-refractivity contribution in [3.63, 3.8) is 0 Å². The van der Waals surface area contributed by atoms with Crippen LogP contribution in [0.4, 0.5) is 5.69 Å². The Balaban J connectivity index is 1.89. The van der Waals surface area contributed by atoms with Gasteiger partial charge in [0, 0.05) is 22.1 Å². The molecule has 2 aromatic rings. The first-order valence-electron chi connectivity index (χ1n) is 8.46. The van der Waals surface area contributed by atoms with Crippen LogP contribution < -0.4 is 5.32 Å². The van der Waals surface area contributed by atoms with Crippen LogP contribution in [0.2, 0.25) is 10.0 Å². The first-order chi connectivity index (χ1) is 12.1. The highest BCUT2D eigenvalue weighted by Crippen LogP contribution is 2.29. The number of hydrogen-bond acceptors (Lipinski definition) is 2. The van der Waals surface area contributed by atoms with Crippen LogP contribution in [0.5, 0.6) is 0 Å². The van der Waals surface area contributed by atoms with E-state index in [1.165, 1.54) is 6.42 Å². The number of carbonyl (C=O) groups is 2. The maximum Gasteiger partial charge on any atom is 0.227 e. The van der Waals surface area contributed by atoms with Crippen molar-refractivity contribution in [2.45, 2.75) is 32.1 Å². The SMILES string of the molecule is O=C(c1ccccc1Cl)c1cc(Cl)ccc1NC(=O)C1CCCCC1. The Bertz CT molecular complexity index is 798. The van der Waals surface area contributed by atoms with Gasteiger partial charge in [-0.05, 0) is 43.2 Å². The summed E-state index contributed by atoms with van der Waals surface area (Å²) in [7, 11) is 0. The highest BCUT2D eigenvalue weighted by Gasteiger charge is 2.23. The Morgan fingerprint density at radius 2 is 1.64 bits per heavy atom. The zero-order valence-corrected chi connectivity index (χ0v) is 15.2. The topological polar surface area (TPSA) is 46.2 Å². The lowest BCUT2D eigenvalue weighted by molar-refractivity contribution is -0.120. The third-order valence-electron chi connectivity index (χ3n) is 4.58. The standard InChI is InChI=1S/C20H19Cl2NO2/c21-14-10-11-18(23-20(25)13-6-2-1-3-7-13)16(12-14)19(24)15-8-4-5-9-17(15)22/h4-5,8-13H,1-3,6-7H2,(H,23,25). The molecular weight excluding hydrogens is 357 g/mol. The minimum Gasteiger partial charge on any atom is -0.325 e. The van der Waals surface area contributed by atoms with Gasteiger partial charge < -0.3 is 5.32 Å². The van der Waals surface area contributed by atoms with Gasteiger partial charge in [-0.3, -0.25) is 9.59 Å². The molecule has 130 valence electrons. The van der Waals surface area contributed by atoms with Crippen molar-refractivity contribution in [3.05, 3.63) is 63.6 Å². The van der Waals surface area contributed by atoms with Gasteiger partial charge in [0.15, 0.2) is 5.78 Å². The molecule has 1 aliphatic rings. The zero-order valence-electron chi connectivity index (χ0n) is 13.7. The third-order valence-corrected chi connectivity index (χ3v) is 5.14. The molecule has 0 saturated heterocycles. The summed E-state index contributed by atoms with van der Waals surface area (Å²) in [6, 6.07) is 11.8. The molecule has 0 radical (unpaired) electrons. The predicted molar refractivity (Wildman–Crippen MR) is 102 cm³/mol. The fourth-order valence-electron chi connectivity index (χ4n) is 3.20. The normalized spacial score (nSPS) is 15.0. The van der Waals surface area contributed by atoms with Crippen LogP contribution in [0.15, 0.2) is 42.5 Å². The summed E-state index contributed by atoms with van der Waals surface area (Å²) in [4.78, 5) is 25.5. The van der Waals surface area contributed by atoms with E-state index in [1.807, 2.05) is 0 Å². The zero-order chi connectivity index (χ0) is 17.8. The van der Waals surface area contributed by atoms with Crippen molar-refractivity contribution in [3.8, 4) is 0 Å². The van der Waals surface area contributed by atoms with E-state index in [9.17, 15) is 9.59 Å². The molecule has 0 aromatic heterocycles. The van der Waals surface area contributed by atoms with Crippen LogP contribution in [0.1, 0.15) is 48.0 Å². The lowest BCUT2D eigenvalue weighted by Gasteiger charge is -2.21. The maximum atomic E-state index is 12.9. The van der Waals surface area contributed by atoms with Crippen molar-refractivity contribution in [1.82, 2.24) is 0 Å². The van der Waals surface area contributed by atoms with Gasteiger partial charge in [-0.2, -0.15) is 0 Å². The summed E-state index contributed by atoms with van der Waals surface area (Å²) >= 11 is 12.2. The van der Waals surface area contributed by atoms with Crippen LogP contribution in [0, 0.1) is 5.92 Å². The number of carbonyl (C=O) groups excluding carboxylic acids is 2. The molecule has 0 heterocycles. The van der Waals surface area contributed by atoms with Gasteiger partial charge in [-0.1, -0.05) is 54.6 Å². The van der Waals surface area contributed by atoms with Crippen LogP contribution >= 0.6 is 23.2 Å². The maximum absolute atomic E-state index is 12.9. The lowest BCUT2D eigenvalue weighted by Crippen LogP contribution is -2.25.